The molecule has 4 heteroatoms. The summed E-state index contributed by atoms with van der Waals surface area (Å²) < 4.78 is 0. The lowest BCUT2D eigenvalue weighted by Gasteiger charge is -2.27. The highest BCUT2D eigenvalue weighted by molar-refractivity contribution is 5.94. The Morgan fingerprint density at radius 1 is 1.41 bits per heavy atom. The Balaban J connectivity index is 3.02. The van der Waals surface area contributed by atoms with Gasteiger partial charge in [0.1, 0.15) is 0 Å². The molecule has 0 unspecified atom stereocenters. The highest BCUT2D eigenvalue weighted by Crippen LogP contribution is 2.23. The Morgan fingerprint density at radius 3 is 2.59 bits per heavy atom. The maximum atomic E-state index is 11.1. The summed E-state index contributed by atoms with van der Waals surface area (Å²) in [6, 6.07) is 5.27. The summed E-state index contributed by atoms with van der Waals surface area (Å²) in [7, 11) is 0. The largest absolute Gasteiger partial charge is 0.478 e. The van der Waals surface area contributed by atoms with Crippen LogP contribution in [0.2, 0.25) is 0 Å². The third-order valence-electron chi connectivity index (χ3n) is 2.62. The van der Waals surface area contributed by atoms with Crippen molar-refractivity contribution in [3.63, 3.8) is 0 Å². The number of benzene rings is 1. The third kappa shape index (κ3) is 3.75. The third-order valence-corrected chi connectivity index (χ3v) is 2.62. The zero-order valence-electron chi connectivity index (χ0n) is 10.4. The molecule has 94 valence electrons. The number of anilines is 1. The lowest BCUT2D eigenvalue weighted by Crippen LogP contribution is -2.32. The van der Waals surface area contributed by atoms with E-state index in [9.17, 15) is 4.79 Å². The number of carbonyl (C=O) groups is 1. The van der Waals surface area contributed by atoms with Crippen LogP contribution < -0.4 is 5.32 Å². The van der Waals surface area contributed by atoms with Crippen LogP contribution in [-0.2, 0) is 0 Å². The summed E-state index contributed by atoms with van der Waals surface area (Å²) in [5, 5.41) is 21.2. The second-order valence-corrected chi connectivity index (χ2v) is 4.84. The van der Waals surface area contributed by atoms with Gasteiger partial charge in [0.25, 0.3) is 0 Å². The monoisotopic (exact) mass is 237 g/mol. The Bertz CT molecular complexity index is 413. The van der Waals surface area contributed by atoms with Crippen molar-refractivity contribution < 1.29 is 15.0 Å². The molecule has 0 amide bonds. The van der Waals surface area contributed by atoms with Gasteiger partial charge in [-0.05, 0) is 39.3 Å². The number of nitrogens with one attached hydrogen (secondary N) is 1. The molecule has 0 radical (unpaired) electrons. The van der Waals surface area contributed by atoms with Crippen molar-refractivity contribution in [3.8, 4) is 0 Å². The molecule has 4 nitrogen and oxygen atoms in total. The summed E-state index contributed by atoms with van der Waals surface area (Å²) in [5.41, 5.74) is 1.42. The molecule has 0 spiro atoms. The lowest BCUT2D eigenvalue weighted by atomic mass is 9.99. The molecule has 0 saturated heterocycles. The van der Waals surface area contributed by atoms with Crippen LogP contribution in [0.5, 0.6) is 0 Å². The molecule has 3 N–H and O–H groups in total. The number of carboxylic acids is 1. The van der Waals surface area contributed by atoms with Gasteiger partial charge in [-0.3, -0.25) is 0 Å². The van der Waals surface area contributed by atoms with E-state index in [-0.39, 0.29) is 17.7 Å². The van der Waals surface area contributed by atoms with E-state index in [4.69, 9.17) is 10.2 Å². The first-order chi connectivity index (χ1) is 7.85. The molecule has 0 saturated carbocycles. The molecule has 0 aliphatic rings. The van der Waals surface area contributed by atoms with Gasteiger partial charge in [-0.15, -0.1) is 0 Å². The van der Waals surface area contributed by atoms with Crippen LogP contribution in [0.1, 0.15) is 36.2 Å². The number of aliphatic hydroxyl groups excluding tert-OH is 1. The predicted octanol–water partition coefficient (Wildman–Crippen LogP) is 2.27. The fourth-order valence-electron chi connectivity index (χ4n) is 1.65. The minimum Gasteiger partial charge on any atom is -0.478 e. The molecule has 1 aromatic rings. The summed E-state index contributed by atoms with van der Waals surface area (Å²) in [6.07, 6.45) is 0.555. The number of hydrogen-bond acceptors (Lipinski definition) is 3. The van der Waals surface area contributed by atoms with Crippen molar-refractivity contribution in [1.29, 1.82) is 0 Å². The molecule has 1 rings (SSSR count). The SMILES string of the molecule is Cc1ccc(NC(C)(C)CCO)c(C(=O)O)c1. The van der Waals surface area contributed by atoms with Crippen molar-refractivity contribution in [2.75, 3.05) is 11.9 Å². The molecular formula is C13H19NO3. The van der Waals surface area contributed by atoms with Crippen LogP contribution in [0, 0.1) is 6.92 Å². The number of aryl methyl sites for hydroxylation is 1. The molecule has 17 heavy (non-hydrogen) atoms. The molecule has 0 bridgehead atoms. The molecule has 0 fully saturated rings. The molecule has 0 aliphatic heterocycles. The van der Waals surface area contributed by atoms with E-state index in [1.165, 1.54) is 0 Å². The highest BCUT2D eigenvalue weighted by Gasteiger charge is 2.19. The summed E-state index contributed by atoms with van der Waals surface area (Å²) in [5.74, 6) is -0.948. The predicted molar refractivity (Wildman–Crippen MR) is 67.5 cm³/mol. The quantitative estimate of drug-likeness (QED) is 0.734. The smallest absolute Gasteiger partial charge is 0.337 e. The van der Waals surface area contributed by atoms with Crippen molar-refractivity contribution >= 4 is 11.7 Å². The number of carboxylic acid groups (broad SMARTS) is 1. The van der Waals surface area contributed by atoms with Crippen LogP contribution in [-0.4, -0.2) is 28.3 Å². The fourth-order valence-corrected chi connectivity index (χ4v) is 1.65. The molecular weight excluding hydrogens is 218 g/mol. The minimum absolute atomic E-state index is 0.0638. The van der Waals surface area contributed by atoms with Gasteiger partial charge in [-0.2, -0.15) is 0 Å². The first kappa shape index (κ1) is 13.5. The Hall–Kier alpha value is -1.55. The number of rotatable bonds is 5. The van der Waals surface area contributed by atoms with E-state index in [0.717, 1.165) is 5.56 Å². The fraction of sp³-hybridized carbons (Fsp3) is 0.462. The first-order valence-corrected chi connectivity index (χ1v) is 5.59. The molecule has 1 aromatic carbocycles. The van der Waals surface area contributed by atoms with Crippen LogP contribution in [0.3, 0.4) is 0 Å². The highest BCUT2D eigenvalue weighted by atomic mass is 16.4. The van der Waals surface area contributed by atoms with Crippen molar-refractivity contribution in [2.45, 2.75) is 32.7 Å². The van der Waals surface area contributed by atoms with Crippen LogP contribution in [0.4, 0.5) is 5.69 Å². The summed E-state index contributed by atoms with van der Waals surface area (Å²) in [4.78, 5) is 11.1. The maximum absolute atomic E-state index is 11.1. The van der Waals surface area contributed by atoms with Gasteiger partial charge < -0.3 is 15.5 Å². The normalized spacial score (nSPS) is 11.3. The Morgan fingerprint density at radius 2 is 2.06 bits per heavy atom. The van der Waals surface area contributed by atoms with E-state index >= 15 is 0 Å². The molecule has 0 heterocycles. The lowest BCUT2D eigenvalue weighted by molar-refractivity contribution is 0.0697. The second-order valence-electron chi connectivity index (χ2n) is 4.84. The zero-order chi connectivity index (χ0) is 13.1. The average molecular weight is 237 g/mol. The van der Waals surface area contributed by atoms with E-state index in [0.29, 0.717) is 12.1 Å². The second kappa shape index (κ2) is 5.19. The van der Waals surface area contributed by atoms with Gasteiger partial charge >= 0.3 is 5.97 Å². The van der Waals surface area contributed by atoms with E-state index in [2.05, 4.69) is 5.32 Å². The number of hydrogen-bond donors (Lipinski definition) is 3. The average Bonchev–Trinajstić information content (AvgIpc) is 2.20. The van der Waals surface area contributed by atoms with Crippen LogP contribution in [0.15, 0.2) is 18.2 Å². The van der Waals surface area contributed by atoms with Gasteiger partial charge in [0.2, 0.25) is 0 Å². The molecule has 0 atom stereocenters. The van der Waals surface area contributed by atoms with Gasteiger partial charge in [0.15, 0.2) is 0 Å². The van der Waals surface area contributed by atoms with Gasteiger partial charge in [0.05, 0.1) is 5.56 Å². The molecule has 0 aliphatic carbocycles. The van der Waals surface area contributed by atoms with Crippen molar-refractivity contribution in [3.05, 3.63) is 29.3 Å². The summed E-state index contributed by atoms with van der Waals surface area (Å²) >= 11 is 0. The van der Waals surface area contributed by atoms with E-state index in [1.54, 1.807) is 12.1 Å². The first-order valence-electron chi connectivity index (χ1n) is 5.59. The van der Waals surface area contributed by atoms with Gasteiger partial charge in [-0.1, -0.05) is 11.6 Å². The van der Waals surface area contributed by atoms with Crippen LogP contribution in [0.25, 0.3) is 0 Å². The van der Waals surface area contributed by atoms with Crippen LogP contribution >= 0.6 is 0 Å². The molecule has 0 aromatic heterocycles. The number of aliphatic hydroxyl groups is 1. The summed E-state index contributed by atoms with van der Waals surface area (Å²) in [6.45, 7) is 5.77. The van der Waals surface area contributed by atoms with Gasteiger partial charge in [0, 0.05) is 17.8 Å². The topological polar surface area (TPSA) is 69.6 Å². The van der Waals surface area contributed by atoms with Gasteiger partial charge in [-0.25, -0.2) is 4.79 Å². The van der Waals surface area contributed by atoms with Crippen molar-refractivity contribution in [2.24, 2.45) is 0 Å². The van der Waals surface area contributed by atoms with E-state index in [1.807, 2.05) is 26.8 Å². The standard InChI is InChI=1S/C13H19NO3/c1-9-4-5-11(10(8-9)12(16)17)14-13(2,3)6-7-15/h4-5,8,14-15H,6-7H2,1-3H3,(H,16,17). The Kier molecular flexibility index (Phi) is 4.12. The zero-order valence-corrected chi connectivity index (χ0v) is 10.4. The maximum Gasteiger partial charge on any atom is 0.337 e. The Labute approximate surface area is 101 Å². The van der Waals surface area contributed by atoms with E-state index < -0.39 is 5.97 Å². The number of aromatic carboxylic acids is 1. The minimum atomic E-state index is -0.948. The van der Waals surface area contributed by atoms with Crippen molar-refractivity contribution in [1.82, 2.24) is 0 Å².